The molecule has 0 aromatic rings. The van der Waals surface area contributed by atoms with E-state index in [1.54, 1.807) is 0 Å². The lowest BCUT2D eigenvalue weighted by molar-refractivity contribution is -0.157. The van der Waals surface area contributed by atoms with Gasteiger partial charge in [-0.05, 0) is 18.8 Å². The normalized spacial score (nSPS) is 23.6. The zero-order valence-corrected chi connectivity index (χ0v) is 13.2. The van der Waals surface area contributed by atoms with Crippen LogP contribution in [0.2, 0.25) is 0 Å². The van der Waals surface area contributed by atoms with E-state index in [0.29, 0.717) is 12.8 Å². The lowest BCUT2D eigenvalue weighted by atomic mass is 9.73. The second-order valence-electron chi connectivity index (χ2n) is 6.85. The topological polar surface area (TPSA) is 57.5 Å². The monoisotopic (exact) mass is 284 g/mol. The fourth-order valence-electron chi connectivity index (χ4n) is 3.67. The number of rotatable bonds is 3. The van der Waals surface area contributed by atoms with E-state index in [-0.39, 0.29) is 5.92 Å². The maximum Gasteiger partial charge on any atom is 0.309 e. The summed E-state index contributed by atoms with van der Waals surface area (Å²) in [7, 11) is 0. The molecule has 1 aliphatic rings. The Morgan fingerprint density at radius 1 is 0.850 bits per heavy atom. The zero-order valence-electron chi connectivity index (χ0n) is 13.2. The van der Waals surface area contributed by atoms with E-state index in [1.807, 2.05) is 13.8 Å². The number of aliphatic carboxylic acids is 1. The Morgan fingerprint density at radius 2 is 1.20 bits per heavy atom. The Morgan fingerprint density at radius 3 is 1.50 bits per heavy atom. The molecule has 0 aromatic heterocycles. The molecule has 0 aromatic carbocycles. The van der Waals surface area contributed by atoms with Gasteiger partial charge in [0.1, 0.15) is 0 Å². The molecule has 0 amide bonds. The predicted molar refractivity (Wildman–Crippen MR) is 81.7 cm³/mol. The summed E-state index contributed by atoms with van der Waals surface area (Å²) >= 11 is 0. The molecule has 1 rings (SSSR count). The molecule has 1 aliphatic carbocycles. The molecule has 0 aliphatic heterocycles. The van der Waals surface area contributed by atoms with Crippen LogP contribution in [-0.4, -0.2) is 21.8 Å². The molecule has 3 nitrogen and oxygen atoms in total. The fourth-order valence-corrected chi connectivity index (χ4v) is 3.67. The summed E-state index contributed by atoms with van der Waals surface area (Å²) in [6.45, 7) is 3.82. The highest BCUT2D eigenvalue weighted by Crippen LogP contribution is 2.35. The van der Waals surface area contributed by atoms with Crippen LogP contribution in [0.25, 0.3) is 0 Å². The highest BCUT2D eigenvalue weighted by molar-refractivity contribution is 5.71. The number of carboxylic acid groups (broad SMARTS) is 1. The van der Waals surface area contributed by atoms with Crippen LogP contribution in [0.4, 0.5) is 0 Å². The average Bonchev–Trinajstić information content (AvgIpc) is 2.33. The second-order valence-corrected chi connectivity index (χ2v) is 6.85. The molecule has 3 heteroatoms. The van der Waals surface area contributed by atoms with Crippen molar-refractivity contribution in [1.82, 2.24) is 0 Å². The van der Waals surface area contributed by atoms with Gasteiger partial charge in [0.2, 0.25) is 0 Å². The Bertz CT molecular complexity index is 274. The van der Waals surface area contributed by atoms with Crippen LogP contribution in [0.1, 0.15) is 84.5 Å². The van der Waals surface area contributed by atoms with Crippen molar-refractivity contribution < 1.29 is 15.0 Å². The molecule has 0 heterocycles. The van der Waals surface area contributed by atoms with Crippen molar-refractivity contribution in [2.24, 2.45) is 11.8 Å². The van der Waals surface area contributed by atoms with Gasteiger partial charge in [0.25, 0.3) is 0 Å². The molecular formula is C17H32O3. The van der Waals surface area contributed by atoms with Gasteiger partial charge in [-0.1, -0.05) is 71.6 Å². The van der Waals surface area contributed by atoms with Crippen molar-refractivity contribution in [3.63, 3.8) is 0 Å². The lowest BCUT2D eigenvalue weighted by Crippen LogP contribution is -2.45. The Kier molecular flexibility index (Phi) is 7.57. The van der Waals surface area contributed by atoms with Crippen LogP contribution in [0.15, 0.2) is 0 Å². The van der Waals surface area contributed by atoms with Crippen LogP contribution in [0.5, 0.6) is 0 Å². The van der Waals surface area contributed by atoms with Crippen LogP contribution in [0, 0.1) is 11.8 Å². The third-order valence-corrected chi connectivity index (χ3v) is 4.73. The van der Waals surface area contributed by atoms with Crippen molar-refractivity contribution in [3.8, 4) is 0 Å². The molecule has 118 valence electrons. The van der Waals surface area contributed by atoms with Crippen molar-refractivity contribution in [1.29, 1.82) is 0 Å². The minimum atomic E-state index is -1.01. The van der Waals surface area contributed by atoms with Gasteiger partial charge in [-0.15, -0.1) is 0 Å². The minimum Gasteiger partial charge on any atom is -0.481 e. The van der Waals surface area contributed by atoms with Crippen molar-refractivity contribution in [2.45, 2.75) is 90.1 Å². The Balaban J connectivity index is 2.74. The number of hydrogen-bond donors (Lipinski definition) is 2. The molecule has 1 saturated carbocycles. The predicted octanol–water partition coefficient (Wildman–Crippen LogP) is 4.38. The number of carboxylic acids is 1. The number of carbonyl (C=O) groups is 1. The van der Waals surface area contributed by atoms with Gasteiger partial charge < -0.3 is 10.2 Å². The van der Waals surface area contributed by atoms with Gasteiger partial charge >= 0.3 is 5.97 Å². The molecule has 0 spiro atoms. The first-order chi connectivity index (χ1) is 9.47. The Hall–Kier alpha value is -0.570. The fraction of sp³-hybridized carbons (Fsp3) is 0.941. The van der Waals surface area contributed by atoms with Gasteiger partial charge in [0, 0.05) is 0 Å². The quantitative estimate of drug-likeness (QED) is 0.808. The molecule has 0 radical (unpaired) electrons. The van der Waals surface area contributed by atoms with E-state index >= 15 is 0 Å². The summed E-state index contributed by atoms with van der Waals surface area (Å²) in [5.74, 6) is -1.49. The van der Waals surface area contributed by atoms with E-state index < -0.39 is 17.5 Å². The summed E-state index contributed by atoms with van der Waals surface area (Å²) in [6.07, 6.45) is 11.7. The molecule has 0 bridgehead atoms. The van der Waals surface area contributed by atoms with Crippen molar-refractivity contribution >= 4 is 5.97 Å². The summed E-state index contributed by atoms with van der Waals surface area (Å²) in [5.41, 5.74) is -1.01. The lowest BCUT2D eigenvalue weighted by Gasteiger charge is -2.36. The van der Waals surface area contributed by atoms with Gasteiger partial charge in [0.15, 0.2) is 0 Å². The van der Waals surface area contributed by atoms with E-state index in [4.69, 9.17) is 0 Å². The molecule has 20 heavy (non-hydrogen) atoms. The van der Waals surface area contributed by atoms with Crippen molar-refractivity contribution in [2.75, 3.05) is 0 Å². The first-order valence-corrected chi connectivity index (χ1v) is 8.42. The molecule has 1 unspecified atom stereocenters. The highest BCUT2D eigenvalue weighted by Gasteiger charge is 2.42. The third kappa shape index (κ3) is 5.43. The largest absolute Gasteiger partial charge is 0.481 e. The third-order valence-electron chi connectivity index (χ3n) is 4.73. The second kappa shape index (κ2) is 8.66. The minimum absolute atomic E-state index is 0.0228. The first-order valence-electron chi connectivity index (χ1n) is 8.42. The van der Waals surface area contributed by atoms with Crippen LogP contribution in [0.3, 0.4) is 0 Å². The summed E-state index contributed by atoms with van der Waals surface area (Å²) in [4.78, 5) is 11.6. The van der Waals surface area contributed by atoms with Gasteiger partial charge in [-0.2, -0.15) is 0 Å². The zero-order chi connectivity index (χ0) is 15.0. The van der Waals surface area contributed by atoms with E-state index in [9.17, 15) is 15.0 Å². The number of aliphatic hydroxyl groups is 1. The van der Waals surface area contributed by atoms with Crippen LogP contribution in [-0.2, 0) is 4.79 Å². The van der Waals surface area contributed by atoms with Gasteiger partial charge in [0.05, 0.1) is 11.5 Å². The first kappa shape index (κ1) is 17.5. The average molecular weight is 284 g/mol. The maximum absolute atomic E-state index is 11.6. The maximum atomic E-state index is 11.6. The SMILES string of the molecule is CC(C)C(C(=O)O)C1(O)CCCCCCCCCCC1. The number of hydrogen-bond acceptors (Lipinski definition) is 2. The Labute approximate surface area is 123 Å². The van der Waals surface area contributed by atoms with Gasteiger partial charge in [-0.3, -0.25) is 4.79 Å². The van der Waals surface area contributed by atoms with E-state index in [0.717, 1.165) is 25.7 Å². The van der Waals surface area contributed by atoms with E-state index in [2.05, 4.69) is 0 Å². The standard InChI is InChI=1S/C17H32O3/c1-14(2)15(16(18)19)17(20)12-10-8-6-4-3-5-7-9-11-13-17/h14-15,20H,3-13H2,1-2H3,(H,18,19). The van der Waals surface area contributed by atoms with Crippen LogP contribution >= 0.6 is 0 Å². The molecular weight excluding hydrogens is 252 g/mol. The molecule has 2 N–H and O–H groups in total. The van der Waals surface area contributed by atoms with E-state index in [1.165, 1.54) is 32.1 Å². The summed E-state index contributed by atoms with van der Waals surface area (Å²) < 4.78 is 0. The molecule has 0 saturated heterocycles. The highest BCUT2D eigenvalue weighted by atomic mass is 16.4. The van der Waals surface area contributed by atoms with Crippen LogP contribution < -0.4 is 0 Å². The summed E-state index contributed by atoms with van der Waals surface area (Å²) in [5, 5.41) is 20.5. The van der Waals surface area contributed by atoms with Crippen molar-refractivity contribution in [3.05, 3.63) is 0 Å². The smallest absolute Gasteiger partial charge is 0.309 e. The summed E-state index contributed by atoms with van der Waals surface area (Å²) in [6, 6.07) is 0. The molecule has 1 fully saturated rings. The van der Waals surface area contributed by atoms with Gasteiger partial charge in [-0.25, -0.2) is 0 Å². The molecule has 1 atom stereocenters.